The molecular weight excluding hydrogens is 232 g/mol. The smallest absolute Gasteiger partial charge is 0.191 e. The second-order valence-electron chi connectivity index (χ2n) is 4.92. The minimum atomic E-state index is 0.203. The second kappa shape index (κ2) is 4.72. The predicted molar refractivity (Wildman–Crippen MR) is 74.0 cm³/mol. The Morgan fingerprint density at radius 2 is 2.18 bits per heavy atom. The minimum absolute atomic E-state index is 0.203. The first kappa shape index (κ1) is 12.5. The predicted octanol–water partition coefficient (Wildman–Crippen LogP) is 2.62. The van der Waals surface area contributed by atoms with Crippen LogP contribution in [-0.4, -0.2) is 35.4 Å². The molecule has 0 aliphatic carbocycles. The summed E-state index contributed by atoms with van der Waals surface area (Å²) in [5, 5.41) is 3.93. The highest BCUT2D eigenvalue weighted by atomic mass is 32.2. The fourth-order valence-electron chi connectivity index (χ4n) is 2.30. The lowest BCUT2D eigenvalue weighted by Crippen LogP contribution is -2.38. The summed E-state index contributed by atoms with van der Waals surface area (Å²) in [7, 11) is 1.89. The van der Waals surface area contributed by atoms with Crippen molar-refractivity contribution in [3.63, 3.8) is 0 Å². The van der Waals surface area contributed by atoms with E-state index in [1.54, 1.807) is 11.8 Å². The SMILES string of the molecule is CNc1cc(N2CCCC2(C)C)nc(SC)n1. The molecule has 0 amide bonds. The van der Waals surface area contributed by atoms with Crippen LogP contribution in [0.25, 0.3) is 0 Å². The molecule has 0 bridgehead atoms. The molecule has 1 aromatic heterocycles. The molecule has 4 nitrogen and oxygen atoms in total. The number of aromatic nitrogens is 2. The quantitative estimate of drug-likeness (QED) is 0.661. The first-order valence-corrected chi connectivity index (χ1v) is 7.18. The van der Waals surface area contributed by atoms with E-state index in [-0.39, 0.29) is 5.54 Å². The summed E-state index contributed by atoms with van der Waals surface area (Å²) in [4.78, 5) is 11.4. The van der Waals surface area contributed by atoms with Crippen LogP contribution in [0.3, 0.4) is 0 Å². The van der Waals surface area contributed by atoms with E-state index in [9.17, 15) is 0 Å². The van der Waals surface area contributed by atoms with E-state index in [4.69, 9.17) is 0 Å². The molecule has 0 saturated carbocycles. The summed E-state index contributed by atoms with van der Waals surface area (Å²) in [6.45, 7) is 5.64. The molecule has 1 N–H and O–H groups in total. The fourth-order valence-corrected chi connectivity index (χ4v) is 2.68. The van der Waals surface area contributed by atoms with Crippen LogP contribution in [0, 0.1) is 0 Å². The Morgan fingerprint density at radius 1 is 1.41 bits per heavy atom. The van der Waals surface area contributed by atoms with Crippen LogP contribution in [-0.2, 0) is 0 Å². The van der Waals surface area contributed by atoms with Crippen molar-refractivity contribution in [1.82, 2.24) is 9.97 Å². The van der Waals surface area contributed by atoms with Gasteiger partial charge in [0.25, 0.3) is 0 Å². The van der Waals surface area contributed by atoms with Gasteiger partial charge in [-0.3, -0.25) is 0 Å². The molecule has 17 heavy (non-hydrogen) atoms. The van der Waals surface area contributed by atoms with E-state index in [2.05, 4.69) is 34.0 Å². The van der Waals surface area contributed by atoms with Crippen LogP contribution in [0.2, 0.25) is 0 Å². The molecule has 1 saturated heterocycles. The second-order valence-corrected chi connectivity index (χ2v) is 5.69. The summed E-state index contributed by atoms with van der Waals surface area (Å²) in [6.07, 6.45) is 4.47. The molecule has 94 valence electrons. The molecule has 0 atom stereocenters. The molecule has 0 unspecified atom stereocenters. The molecule has 5 heteroatoms. The first-order valence-electron chi connectivity index (χ1n) is 5.95. The van der Waals surface area contributed by atoms with E-state index >= 15 is 0 Å². The number of nitrogens with one attached hydrogen (secondary N) is 1. The van der Waals surface area contributed by atoms with Crippen LogP contribution in [0.4, 0.5) is 11.6 Å². The highest BCUT2D eigenvalue weighted by Gasteiger charge is 2.33. The number of nitrogens with zero attached hydrogens (tertiary/aromatic N) is 3. The minimum Gasteiger partial charge on any atom is -0.373 e. The number of hydrogen-bond donors (Lipinski definition) is 1. The number of thioether (sulfide) groups is 1. The summed E-state index contributed by atoms with van der Waals surface area (Å²) in [5.41, 5.74) is 0.203. The van der Waals surface area contributed by atoms with Crippen molar-refractivity contribution < 1.29 is 0 Å². The van der Waals surface area contributed by atoms with Crippen molar-refractivity contribution in [2.75, 3.05) is 30.1 Å². The van der Waals surface area contributed by atoms with Gasteiger partial charge in [0, 0.05) is 25.2 Å². The molecule has 1 aliphatic rings. The van der Waals surface area contributed by atoms with E-state index in [0.29, 0.717) is 0 Å². The van der Waals surface area contributed by atoms with Crippen LogP contribution in [0.15, 0.2) is 11.2 Å². The lowest BCUT2D eigenvalue weighted by Gasteiger charge is -2.32. The van der Waals surface area contributed by atoms with Crippen molar-refractivity contribution >= 4 is 23.4 Å². The summed E-state index contributed by atoms with van der Waals surface area (Å²) in [5.74, 6) is 1.93. The highest BCUT2D eigenvalue weighted by Crippen LogP contribution is 2.33. The summed E-state index contributed by atoms with van der Waals surface area (Å²) < 4.78 is 0. The maximum Gasteiger partial charge on any atom is 0.191 e. The van der Waals surface area contributed by atoms with Crippen LogP contribution in [0.5, 0.6) is 0 Å². The van der Waals surface area contributed by atoms with Gasteiger partial charge < -0.3 is 10.2 Å². The maximum atomic E-state index is 4.62. The van der Waals surface area contributed by atoms with Gasteiger partial charge in [-0.25, -0.2) is 9.97 Å². The average molecular weight is 252 g/mol. The van der Waals surface area contributed by atoms with Gasteiger partial charge in [-0.05, 0) is 32.9 Å². The summed E-state index contributed by atoms with van der Waals surface area (Å²) in [6, 6.07) is 2.03. The van der Waals surface area contributed by atoms with Gasteiger partial charge in [0.2, 0.25) is 0 Å². The third kappa shape index (κ3) is 2.49. The van der Waals surface area contributed by atoms with Gasteiger partial charge in [0.1, 0.15) is 11.6 Å². The molecule has 2 heterocycles. The van der Waals surface area contributed by atoms with E-state index < -0.39 is 0 Å². The Morgan fingerprint density at radius 3 is 2.71 bits per heavy atom. The molecule has 1 aliphatic heterocycles. The Bertz CT molecular complexity index is 383. The van der Waals surface area contributed by atoms with Gasteiger partial charge in [-0.2, -0.15) is 0 Å². The third-order valence-corrected chi connectivity index (χ3v) is 3.86. The standard InChI is InChI=1S/C12H20N4S/c1-12(2)6-5-7-16(12)10-8-9(13-3)14-11(15-10)17-4/h8H,5-7H2,1-4H3,(H,13,14,15). The third-order valence-electron chi connectivity index (χ3n) is 3.31. The van der Waals surface area contributed by atoms with Crippen molar-refractivity contribution in [2.45, 2.75) is 37.4 Å². The van der Waals surface area contributed by atoms with Crippen molar-refractivity contribution in [3.8, 4) is 0 Å². The van der Waals surface area contributed by atoms with Crippen molar-refractivity contribution in [3.05, 3.63) is 6.07 Å². The highest BCUT2D eigenvalue weighted by molar-refractivity contribution is 7.98. The van der Waals surface area contributed by atoms with E-state index in [1.807, 2.05) is 19.4 Å². The Balaban J connectivity index is 2.37. The van der Waals surface area contributed by atoms with Gasteiger partial charge in [-0.15, -0.1) is 0 Å². The lowest BCUT2D eigenvalue weighted by atomic mass is 10.0. The fraction of sp³-hybridized carbons (Fsp3) is 0.667. The van der Waals surface area contributed by atoms with Crippen molar-refractivity contribution in [1.29, 1.82) is 0 Å². The number of anilines is 2. The van der Waals surface area contributed by atoms with Crippen LogP contribution < -0.4 is 10.2 Å². The molecule has 0 spiro atoms. The molecule has 2 rings (SSSR count). The molecular formula is C12H20N4S. The topological polar surface area (TPSA) is 41.0 Å². The zero-order chi connectivity index (χ0) is 12.5. The Kier molecular flexibility index (Phi) is 3.47. The monoisotopic (exact) mass is 252 g/mol. The number of rotatable bonds is 3. The molecule has 0 radical (unpaired) electrons. The normalized spacial score (nSPS) is 18.5. The molecule has 0 aromatic carbocycles. The van der Waals surface area contributed by atoms with E-state index in [1.165, 1.54) is 12.8 Å². The van der Waals surface area contributed by atoms with E-state index in [0.717, 1.165) is 23.3 Å². The van der Waals surface area contributed by atoms with Gasteiger partial charge in [0.15, 0.2) is 5.16 Å². The van der Waals surface area contributed by atoms with Crippen LogP contribution in [0.1, 0.15) is 26.7 Å². The molecule has 1 aromatic rings. The number of hydrogen-bond acceptors (Lipinski definition) is 5. The zero-order valence-electron chi connectivity index (χ0n) is 10.9. The summed E-state index contributed by atoms with van der Waals surface area (Å²) >= 11 is 1.58. The first-order chi connectivity index (χ1) is 8.06. The lowest BCUT2D eigenvalue weighted by molar-refractivity contribution is 0.513. The van der Waals surface area contributed by atoms with Crippen molar-refractivity contribution in [2.24, 2.45) is 0 Å². The maximum absolute atomic E-state index is 4.62. The zero-order valence-corrected chi connectivity index (χ0v) is 11.8. The van der Waals surface area contributed by atoms with Gasteiger partial charge >= 0.3 is 0 Å². The largest absolute Gasteiger partial charge is 0.373 e. The average Bonchev–Trinajstić information content (AvgIpc) is 2.68. The molecule has 1 fully saturated rings. The van der Waals surface area contributed by atoms with Gasteiger partial charge in [-0.1, -0.05) is 11.8 Å². The van der Waals surface area contributed by atoms with Gasteiger partial charge in [0.05, 0.1) is 0 Å². The van der Waals surface area contributed by atoms with Crippen LogP contribution >= 0.6 is 11.8 Å². The Hall–Kier alpha value is -0.970. The Labute approximate surface area is 107 Å².